The van der Waals surface area contributed by atoms with E-state index in [-0.39, 0.29) is 18.3 Å². The first-order chi connectivity index (χ1) is 7.13. The van der Waals surface area contributed by atoms with E-state index in [4.69, 9.17) is 10.5 Å². The molecule has 3 N–H and O–H groups in total. The number of amides is 1. The molecule has 0 saturated carbocycles. The fraction of sp³-hybridized carbons (Fsp3) is 0.364. The standard InChI is InChI=1S/C11H16N2O2.ClH/c1-8(12)11(14)13-7-9-3-5-10(15-2)6-4-9;/h3-6,8H,7,12H2,1-2H3,(H,13,14);1H. The number of halogens is 1. The van der Waals surface area contributed by atoms with E-state index in [1.807, 2.05) is 24.3 Å². The fourth-order valence-electron chi connectivity index (χ4n) is 1.09. The van der Waals surface area contributed by atoms with E-state index in [9.17, 15) is 4.79 Å². The minimum atomic E-state index is -0.469. The van der Waals surface area contributed by atoms with Crippen molar-refractivity contribution in [1.82, 2.24) is 5.32 Å². The lowest BCUT2D eigenvalue weighted by atomic mass is 10.2. The summed E-state index contributed by atoms with van der Waals surface area (Å²) in [5.41, 5.74) is 6.43. The highest BCUT2D eigenvalue weighted by Crippen LogP contribution is 2.10. The maximum absolute atomic E-state index is 11.2. The van der Waals surface area contributed by atoms with Crippen molar-refractivity contribution in [3.63, 3.8) is 0 Å². The van der Waals surface area contributed by atoms with Crippen LogP contribution in [0.2, 0.25) is 0 Å². The summed E-state index contributed by atoms with van der Waals surface area (Å²) in [4.78, 5) is 11.2. The SMILES string of the molecule is COc1ccc(CNC(=O)C(C)N)cc1.Cl. The quantitative estimate of drug-likeness (QED) is 0.833. The number of rotatable bonds is 4. The Balaban J connectivity index is 0.00000225. The minimum absolute atomic E-state index is 0. The van der Waals surface area contributed by atoms with E-state index in [1.165, 1.54) is 0 Å². The molecule has 0 aliphatic rings. The van der Waals surface area contributed by atoms with Crippen molar-refractivity contribution in [2.45, 2.75) is 19.5 Å². The molecule has 1 unspecified atom stereocenters. The Bertz CT molecular complexity index is 325. The summed E-state index contributed by atoms with van der Waals surface area (Å²) in [6, 6.07) is 7.05. The monoisotopic (exact) mass is 244 g/mol. The van der Waals surface area contributed by atoms with E-state index >= 15 is 0 Å². The molecule has 0 aromatic heterocycles. The van der Waals surface area contributed by atoms with Crippen LogP contribution in [0.3, 0.4) is 0 Å². The molecule has 4 nitrogen and oxygen atoms in total. The maximum Gasteiger partial charge on any atom is 0.236 e. The zero-order valence-corrected chi connectivity index (χ0v) is 10.2. The Hall–Kier alpha value is -1.26. The Morgan fingerprint density at radius 1 is 1.44 bits per heavy atom. The van der Waals surface area contributed by atoms with Crippen molar-refractivity contribution >= 4 is 18.3 Å². The highest BCUT2D eigenvalue weighted by atomic mass is 35.5. The second-order valence-electron chi connectivity index (χ2n) is 3.35. The van der Waals surface area contributed by atoms with Crippen molar-refractivity contribution in [3.05, 3.63) is 29.8 Å². The summed E-state index contributed by atoms with van der Waals surface area (Å²) in [7, 11) is 1.62. The van der Waals surface area contributed by atoms with Gasteiger partial charge >= 0.3 is 0 Å². The Morgan fingerprint density at radius 3 is 2.44 bits per heavy atom. The van der Waals surface area contributed by atoms with Crippen molar-refractivity contribution in [2.75, 3.05) is 7.11 Å². The Morgan fingerprint density at radius 2 is 2.00 bits per heavy atom. The van der Waals surface area contributed by atoms with Gasteiger partial charge in [0, 0.05) is 6.54 Å². The van der Waals surface area contributed by atoms with Crippen LogP contribution in [0.5, 0.6) is 5.75 Å². The maximum atomic E-state index is 11.2. The van der Waals surface area contributed by atoms with Gasteiger partial charge in [0.05, 0.1) is 13.2 Å². The molecular weight excluding hydrogens is 228 g/mol. The highest BCUT2D eigenvalue weighted by Gasteiger charge is 2.05. The van der Waals surface area contributed by atoms with Gasteiger partial charge in [0.2, 0.25) is 5.91 Å². The summed E-state index contributed by atoms with van der Waals surface area (Å²) < 4.78 is 5.03. The molecule has 5 heteroatoms. The van der Waals surface area contributed by atoms with Crippen LogP contribution in [0.15, 0.2) is 24.3 Å². The van der Waals surface area contributed by atoms with Gasteiger partial charge in [0.15, 0.2) is 0 Å². The molecule has 1 rings (SSSR count). The van der Waals surface area contributed by atoms with E-state index in [0.29, 0.717) is 6.54 Å². The topological polar surface area (TPSA) is 64.3 Å². The van der Waals surface area contributed by atoms with E-state index < -0.39 is 6.04 Å². The van der Waals surface area contributed by atoms with Gasteiger partial charge in [-0.05, 0) is 24.6 Å². The summed E-state index contributed by atoms with van der Waals surface area (Å²) in [5.74, 6) is 0.656. The van der Waals surface area contributed by atoms with E-state index in [1.54, 1.807) is 14.0 Å². The lowest BCUT2D eigenvalue weighted by Crippen LogP contribution is -2.37. The molecule has 0 saturated heterocycles. The molecule has 0 bridgehead atoms. The fourth-order valence-corrected chi connectivity index (χ4v) is 1.09. The number of hydrogen-bond donors (Lipinski definition) is 2. The van der Waals surface area contributed by atoms with Crippen LogP contribution in [-0.2, 0) is 11.3 Å². The first-order valence-electron chi connectivity index (χ1n) is 4.79. The minimum Gasteiger partial charge on any atom is -0.497 e. The predicted molar refractivity (Wildman–Crippen MR) is 65.7 cm³/mol. The van der Waals surface area contributed by atoms with E-state index in [0.717, 1.165) is 11.3 Å². The van der Waals surface area contributed by atoms with Gasteiger partial charge in [0.1, 0.15) is 5.75 Å². The molecular formula is C11H17ClN2O2. The van der Waals surface area contributed by atoms with Gasteiger partial charge in [-0.3, -0.25) is 4.79 Å². The number of nitrogens with two attached hydrogens (primary N) is 1. The van der Waals surface area contributed by atoms with Gasteiger partial charge in [-0.1, -0.05) is 12.1 Å². The zero-order chi connectivity index (χ0) is 11.3. The van der Waals surface area contributed by atoms with E-state index in [2.05, 4.69) is 5.32 Å². The highest BCUT2D eigenvalue weighted by molar-refractivity contribution is 5.85. The predicted octanol–water partition coefficient (Wildman–Crippen LogP) is 1.08. The Labute approximate surface area is 102 Å². The molecule has 1 amide bonds. The van der Waals surface area contributed by atoms with Crippen LogP contribution in [0.4, 0.5) is 0 Å². The van der Waals surface area contributed by atoms with Crippen LogP contribution in [0, 0.1) is 0 Å². The first kappa shape index (κ1) is 14.7. The van der Waals surface area contributed by atoms with Gasteiger partial charge in [0.25, 0.3) is 0 Å². The number of carbonyl (C=O) groups is 1. The summed E-state index contributed by atoms with van der Waals surface area (Å²) in [6.45, 7) is 2.15. The number of ether oxygens (including phenoxy) is 1. The van der Waals surface area contributed by atoms with Crippen molar-refractivity contribution in [3.8, 4) is 5.75 Å². The lowest BCUT2D eigenvalue weighted by molar-refractivity contribution is -0.122. The third-order valence-electron chi connectivity index (χ3n) is 2.04. The number of carbonyl (C=O) groups excluding carboxylic acids is 1. The van der Waals surface area contributed by atoms with Gasteiger partial charge in [-0.2, -0.15) is 0 Å². The normalized spacial score (nSPS) is 11.2. The second kappa shape index (κ2) is 7.09. The van der Waals surface area contributed by atoms with Gasteiger partial charge in [-0.25, -0.2) is 0 Å². The number of hydrogen-bond acceptors (Lipinski definition) is 3. The number of nitrogens with one attached hydrogen (secondary N) is 1. The Kier molecular flexibility index (Phi) is 6.53. The van der Waals surface area contributed by atoms with Crippen molar-refractivity contribution in [2.24, 2.45) is 5.73 Å². The number of benzene rings is 1. The molecule has 0 radical (unpaired) electrons. The molecule has 0 spiro atoms. The summed E-state index contributed by atoms with van der Waals surface area (Å²) in [6.07, 6.45) is 0. The van der Waals surface area contributed by atoms with Gasteiger partial charge < -0.3 is 15.8 Å². The third kappa shape index (κ3) is 4.51. The molecule has 1 aromatic carbocycles. The molecule has 90 valence electrons. The molecule has 0 heterocycles. The summed E-state index contributed by atoms with van der Waals surface area (Å²) >= 11 is 0. The second-order valence-corrected chi connectivity index (χ2v) is 3.35. The number of methoxy groups -OCH3 is 1. The van der Waals surface area contributed by atoms with Crippen LogP contribution in [0.25, 0.3) is 0 Å². The molecule has 1 aromatic rings. The molecule has 1 atom stereocenters. The van der Waals surface area contributed by atoms with Crippen LogP contribution < -0.4 is 15.8 Å². The van der Waals surface area contributed by atoms with Gasteiger partial charge in [-0.15, -0.1) is 12.4 Å². The van der Waals surface area contributed by atoms with Crippen molar-refractivity contribution in [1.29, 1.82) is 0 Å². The first-order valence-corrected chi connectivity index (χ1v) is 4.79. The average Bonchev–Trinajstić information content (AvgIpc) is 2.26. The van der Waals surface area contributed by atoms with Crippen LogP contribution in [-0.4, -0.2) is 19.1 Å². The van der Waals surface area contributed by atoms with Crippen molar-refractivity contribution < 1.29 is 9.53 Å². The molecule has 0 aliphatic heterocycles. The largest absolute Gasteiger partial charge is 0.497 e. The zero-order valence-electron chi connectivity index (χ0n) is 9.40. The average molecular weight is 245 g/mol. The van der Waals surface area contributed by atoms with Crippen LogP contribution >= 0.6 is 12.4 Å². The molecule has 0 aliphatic carbocycles. The molecule has 0 fully saturated rings. The third-order valence-corrected chi connectivity index (χ3v) is 2.04. The van der Waals surface area contributed by atoms with Crippen LogP contribution in [0.1, 0.15) is 12.5 Å². The lowest BCUT2D eigenvalue weighted by Gasteiger charge is -2.08. The smallest absolute Gasteiger partial charge is 0.236 e. The molecule has 16 heavy (non-hydrogen) atoms. The summed E-state index contributed by atoms with van der Waals surface area (Å²) in [5, 5.41) is 2.73.